The number of hydrogen-bond donors (Lipinski definition) is 2. The summed E-state index contributed by atoms with van der Waals surface area (Å²) in [5.74, 6) is 1.03. The number of rotatable bonds is 8. The summed E-state index contributed by atoms with van der Waals surface area (Å²) in [5.41, 5.74) is 4.85. The Morgan fingerprint density at radius 1 is 1.23 bits per heavy atom. The first-order valence-corrected chi connectivity index (χ1v) is 13.6. The number of H-pyrrole nitrogens is 1. The zero-order chi connectivity index (χ0) is 24.6. The van der Waals surface area contributed by atoms with Gasteiger partial charge in [-0.15, -0.1) is 0 Å². The monoisotopic (exact) mass is 509 g/mol. The van der Waals surface area contributed by atoms with Gasteiger partial charge in [0.15, 0.2) is 0 Å². The SMILES string of the molecule is CC(Oc1ccc2[nH]nc(-c3cnn(CCCS(C)(=N)=O)c3)c2c1)c1cc(Cl)cc2nccnc12. The minimum atomic E-state index is -2.50. The molecule has 5 rings (SSSR count). The van der Waals surface area contributed by atoms with Gasteiger partial charge in [0.2, 0.25) is 0 Å². The van der Waals surface area contributed by atoms with Crippen LogP contribution in [0.2, 0.25) is 5.02 Å². The van der Waals surface area contributed by atoms with Crippen LogP contribution in [-0.4, -0.2) is 46.2 Å². The van der Waals surface area contributed by atoms with Gasteiger partial charge in [-0.1, -0.05) is 11.6 Å². The van der Waals surface area contributed by atoms with Gasteiger partial charge in [-0.25, -0.2) is 0 Å². The number of aromatic nitrogens is 6. The van der Waals surface area contributed by atoms with E-state index >= 15 is 0 Å². The van der Waals surface area contributed by atoms with Crippen LogP contribution < -0.4 is 4.74 Å². The third-order valence-electron chi connectivity index (χ3n) is 5.68. The first kappa shape index (κ1) is 23.3. The zero-order valence-electron chi connectivity index (χ0n) is 19.2. The summed E-state index contributed by atoms with van der Waals surface area (Å²) in [6.07, 6.45) is 8.73. The second-order valence-electron chi connectivity index (χ2n) is 8.51. The van der Waals surface area contributed by atoms with Crippen molar-refractivity contribution in [2.75, 3.05) is 12.0 Å². The molecule has 0 amide bonds. The van der Waals surface area contributed by atoms with E-state index in [2.05, 4.69) is 25.3 Å². The summed E-state index contributed by atoms with van der Waals surface area (Å²) in [7, 11) is -2.50. The lowest BCUT2D eigenvalue weighted by Gasteiger charge is -2.17. The largest absolute Gasteiger partial charge is 0.486 e. The molecule has 0 radical (unpaired) electrons. The average molecular weight is 510 g/mol. The molecule has 0 aliphatic heterocycles. The molecular weight excluding hydrogens is 486 g/mol. The van der Waals surface area contributed by atoms with Crippen LogP contribution in [0, 0.1) is 4.78 Å². The first-order valence-electron chi connectivity index (χ1n) is 11.1. The topological polar surface area (TPSA) is 122 Å². The standard InChI is InChI=1S/C24H24ClN7O2S/c1-15(19-10-17(25)11-22-24(19)28-7-6-27-22)34-18-4-5-21-20(12-18)23(31-30-21)16-13-29-32(14-16)8-3-9-35(2,26)33/h4-7,10-15,26H,3,8-9H2,1-2H3,(H,30,31). The van der Waals surface area contributed by atoms with Crippen molar-refractivity contribution in [3.63, 3.8) is 0 Å². The van der Waals surface area contributed by atoms with Crippen LogP contribution in [0.15, 0.2) is 55.1 Å². The second kappa shape index (κ2) is 9.27. The molecule has 0 bridgehead atoms. The van der Waals surface area contributed by atoms with E-state index in [9.17, 15) is 4.21 Å². The lowest BCUT2D eigenvalue weighted by atomic mass is 10.1. The number of fused-ring (bicyclic) bond motifs is 2. The van der Waals surface area contributed by atoms with E-state index in [0.29, 0.717) is 29.5 Å². The summed E-state index contributed by atoms with van der Waals surface area (Å²) < 4.78 is 27.2. The molecule has 0 saturated heterocycles. The molecule has 9 nitrogen and oxygen atoms in total. The summed E-state index contributed by atoms with van der Waals surface area (Å²) >= 11 is 6.31. The summed E-state index contributed by atoms with van der Waals surface area (Å²) in [6, 6.07) is 9.42. The molecule has 2 aromatic carbocycles. The Kier molecular flexibility index (Phi) is 6.16. The van der Waals surface area contributed by atoms with E-state index in [-0.39, 0.29) is 6.10 Å². The predicted molar refractivity (Wildman–Crippen MR) is 137 cm³/mol. The Balaban J connectivity index is 1.40. The Bertz CT molecular complexity index is 1630. The highest BCUT2D eigenvalue weighted by atomic mass is 35.5. The number of aryl methyl sites for hydroxylation is 1. The van der Waals surface area contributed by atoms with E-state index in [0.717, 1.165) is 38.8 Å². The van der Waals surface area contributed by atoms with E-state index in [1.807, 2.05) is 37.4 Å². The van der Waals surface area contributed by atoms with E-state index < -0.39 is 9.73 Å². The number of benzene rings is 2. The minimum Gasteiger partial charge on any atom is -0.486 e. The molecule has 3 heterocycles. The van der Waals surface area contributed by atoms with Crippen LogP contribution in [-0.2, 0) is 16.3 Å². The Labute approximate surface area is 207 Å². The van der Waals surface area contributed by atoms with Crippen LogP contribution in [0.4, 0.5) is 0 Å². The van der Waals surface area contributed by atoms with Crippen molar-refractivity contribution in [1.82, 2.24) is 29.9 Å². The summed E-state index contributed by atoms with van der Waals surface area (Å²) in [4.78, 5) is 8.82. The molecule has 0 spiro atoms. The van der Waals surface area contributed by atoms with E-state index in [1.165, 1.54) is 6.26 Å². The molecule has 11 heteroatoms. The van der Waals surface area contributed by atoms with Gasteiger partial charge in [-0.05, 0) is 43.7 Å². The Morgan fingerprint density at radius 2 is 2.06 bits per heavy atom. The number of nitrogens with zero attached hydrogens (tertiary/aromatic N) is 5. The summed E-state index contributed by atoms with van der Waals surface area (Å²) in [5, 5.41) is 13.4. The van der Waals surface area contributed by atoms with Crippen LogP contribution in [0.1, 0.15) is 25.0 Å². The van der Waals surface area contributed by atoms with Gasteiger partial charge in [-0.2, -0.15) is 10.2 Å². The van der Waals surface area contributed by atoms with E-state index in [1.54, 1.807) is 29.3 Å². The fourth-order valence-corrected chi connectivity index (χ4v) is 4.94. The first-order chi connectivity index (χ1) is 16.8. The van der Waals surface area contributed by atoms with Crippen molar-refractivity contribution in [3.05, 3.63) is 65.7 Å². The van der Waals surface area contributed by atoms with Gasteiger partial charge in [0.1, 0.15) is 17.5 Å². The highest BCUT2D eigenvalue weighted by Crippen LogP contribution is 2.33. The van der Waals surface area contributed by atoms with Gasteiger partial charge in [0.05, 0.1) is 22.7 Å². The summed E-state index contributed by atoms with van der Waals surface area (Å²) in [6.45, 7) is 2.55. The maximum absolute atomic E-state index is 11.6. The van der Waals surface area contributed by atoms with Crippen molar-refractivity contribution < 1.29 is 8.95 Å². The maximum Gasteiger partial charge on any atom is 0.123 e. The maximum atomic E-state index is 11.6. The number of ether oxygens (including phenoxy) is 1. The van der Waals surface area contributed by atoms with Gasteiger partial charge in [0, 0.05) is 68.4 Å². The molecule has 0 aliphatic rings. The molecular formula is C24H24ClN7O2S. The lowest BCUT2D eigenvalue weighted by molar-refractivity contribution is 0.228. The third kappa shape index (κ3) is 5.13. The second-order valence-corrected chi connectivity index (χ2v) is 11.4. The molecule has 2 unspecified atom stereocenters. The Morgan fingerprint density at radius 3 is 2.89 bits per heavy atom. The average Bonchev–Trinajstić information content (AvgIpc) is 3.44. The fraction of sp³-hybridized carbons (Fsp3) is 0.250. The number of halogens is 1. The molecule has 0 fully saturated rings. The number of aromatic amines is 1. The molecule has 2 atom stereocenters. The number of hydrogen-bond acceptors (Lipinski definition) is 7. The molecule has 0 aliphatic carbocycles. The smallest absolute Gasteiger partial charge is 0.123 e. The highest BCUT2D eigenvalue weighted by Gasteiger charge is 2.16. The fourth-order valence-electron chi connectivity index (χ4n) is 4.04. The molecule has 0 saturated carbocycles. The molecule has 180 valence electrons. The van der Waals surface area contributed by atoms with Crippen LogP contribution >= 0.6 is 11.6 Å². The molecule has 5 aromatic rings. The van der Waals surface area contributed by atoms with Gasteiger partial charge >= 0.3 is 0 Å². The van der Waals surface area contributed by atoms with Crippen molar-refractivity contribution in [3.8, 4) is 17.0 Å². The molecule has 35 heavy (non-hydrogen) atoms. The van der Waals surface area contributed by atoms with E-state index in [4.69, 9.17) is 21.1 Å². The van der Waals surface area contributed by atoms with Crippen LogP contribution in [0.25, 0.3) is 33.2 Å². The number of nitrogens with one attached hydrogen (secondary N) is 2. The zero-order valence-corrected chi connectivity index (χ0v) is 20.8. The quantitative estimate of drug-likeness (QED) is 0.295. The van der Waals surface area contributed by atoms with Gasteiger partial charge < -0.3 is 4.74 Å². The lowest BCUT2D eigenvalue weighted by Crippen LogP contribution is -2.06. The van der Waals surface area contributed by atoms with Crippen molar-refractivity contribution in [1.29, 1.82) is 4.78 Å². The van der Waals surface area contributed by atoms with Crippen molar-refractivity contribution >= 4 is 43.3 Å². The van der Waals surface area contributed by atoms with Gasteiger partial charge in [0.25, 0.3) is 0 Å². The normalized spacial score (nSPS) is 14.3. The van der Waals surface area contributed by atoms with Crippen molar-refractivity contribution in [2.45, 2.75) is 26.0 Å². The van der Waals surface area contributed by atoms with Crippen LogP contribution in [0.3, 0.4) is 0 Å². The third-order valence-corrected chi connectivity index (χ3v) is 6.97. The predicted octanol–water partition coefficient (Wildman–Crippen LogP) is 5.23. The van der Waals surface area contributed by atoms with Crippen LogP contribution in [0.5, 0.6) is 5.75 Å². The highest BCUT2D eigenvalue weighted by molar-refractivity contribution is 7.91. The Hall–Kier alpha value is -3.50. The van der Waals surface area contributed by atoms with Gasteiger partial charge in [-0.3, -0.25) is 28.7 Å². The molecule has 2 N–H and O–H groups in total. The van der Waals surface area contributed by atoms with Crippen molar-refractivity contribution in [2.24, 2.45) is 0 Å². The minimum absolute atomic E-state index is 0.311. The molecule has 3 aromatic heterocycles.